The van der Waals surface area contributed by atoms with E-state index >= 15 is 0 Å². The van der Waals surface area contributed by atoms with Crippen molar-refractivity contribution in [2.24, 2.45) is 5.84 Å². The van der Waals surface area contributed by atoms with Crippen molar-refractivity contribution < 1.29 is 0 Å². The van der Waals surface area contributed by atoms with Crippen LogP contribution in [-0.4, -0.2) is 15.0 Å². The molecule has 0 saturated heterocycles. The fourth-order valence-corrected chi connectivity index (χ4v) is 2.94. The summed E-state index contributed by atoms with van der Waals surface area (Å²) in [6.45, 7) is 1.93. The number of nitrogens with two attached hydrogens (primary N) is 1. The Hall–Kier alpha value is -1.85. The third-order valence-electron chi connectivity index (χ3n) is 3.94. The summed E-state index contributed by atoms with van der Waals surface area (Å²) in [5.41, 5.74) is 7.16. The molecule has 5 heteroatoms. The molecule has 0 saturated carbocycles. The van der Waals surface area contributed by atoms with E-state index in [2.05, 4.69) is 26.4 Å². The van der Waals surface area contributed by atoms with Gasteiger partial charge in [-0.25, -0.2) is 0 Å². The van der Waals surface area contributed by atoms with Gasteiger partial charge in [0.1, 0.15) is 0 Å². The maximum absolute atomic E-state index is 5.79. The molecule has 0 spiro atoms. The van der Waals surface area contributed by atoms with Crippen LogP contribution in [0.5, 0.6) is 0 Å². The molecule has 1 aliphatic rings. The van der Waals surface area contributed by atoms with Gasteiger partial charge in [-0.3, -0.25) is 26.2 Å². The van der Waals surface area contributed by atoms with Crippen LogP contribution in [0, 0.1) is 6.92 Å². The minimum Gasteiger partial charge on any atom is -0.271 e. The summed E-state index contributed by atoms with van der Waals surface area (Å²) < 4.78 is 0. The first-order chi connectivity index (χ1) is 9.79. The van der Waals surface area contributed by atoms with Gasteiger partial charge in [0, 0.05) is 24.0 Å². The van der Waals surface area contributed by atoms with Gasteiger partial charge in [0.2, 0.25) is 0 Å². The number of hydrazine groups is 1. The molecule has 20 heavy (non-hydrogen) atoms. The molecule has 104 valence electrons. The molecule has 0 bridgehead atoms. The summed E-state index contributed by atoms with van der Waals surface area (Å²) in [5, 5.41) is 0. The number of pyridine rings is 1. The average Bonchev–Trinajstić information content (AvgIpc) is 2.50. The Bertz CT molecular complexity index is 581. The molecule has 3 N–H and O–H groups in total. The second-order valence-electron chi connectivity index (χ2n) is 5.27. The normalized spacial score (nSPS) is 19.4. The fourth-order valence-electron chi connectivity index (χ4n) is 2.94. The number of fused-ring (bicyclic) bond motifs is 1. The molecule has 0 aliphatic heterocycles. The third kappa shape index (κ3) is 2.42. The van der Waals surface area contributed by atoms with E-state index in [0.29, 0.717) is 0 Å². The van der Waals surface area contributed by atoms with Crippen molar-refractivity contribution in [2.45, 2.75) is 38.1 Å². The number of nitrogens with one attached hydrogen (secondary N) is 1. The van der Waals surface area contributed by atoms with E-state index in [4.69, 9.17) is 5.84 Å². The van der Waals surface area contributed by atoms with Gasteiger partial charge in [-0.15, -0.1) is 0 Å². The second kappa shape index (κ2) is 5.64. The molecule has 0 radical (unpaired) electrons. The molecule has 0 aromatic carbocycles. The van der Waals surface area contributed by atoms with Gasteiger partial charge in [0.15, 0.2) is 0 Å². The molecule has 2 aromatic rings. The van der Waals surface area contributed by atoms with Gasteiger partial charge >= 0.3 is 0 Å². The van der Waals surface area contributed by atoms with Crippen molar-refractivity contribution in [3.8, 4) is 0 Å². The molecule has 2 heterocycles. The van der Waals surface area contributed by atoms with Gasteiger partial charge in [0.25, 0.3) is 0 Å². The molecule has 5 nitrogen and oxygen atoms in total. The highest BCUT2D eigenvalue weighted by Gasteiger charge is 2.30. The third-order valence-corrected chi connectivity index (χ3v) is 3.94. The standard InChI is InChI=1S/C15H19N5/c1-10-8-19-13(9-18-10)15(20-16)12-6-2-4-11-5-3-7-17-14(11)12/h3,5,7-9,12,15,20H,2,4,6,16H2,1H3. The summed E-state index contributed by atoms with van der Waals surface area (Å²) >= 11 is 0. The number of rotatable bonds is 3. The van der Waals surface area contributed by atoms with Crippen LogP contribution in [0.1, 0.15) is 47.4 Å². The molecular formula is C15H19N5. The van der Waals surface area contributed by atoms with Crippen LogP contribution in [-0.2, 0) is 6.42 Å². The first-order valence-electron chi connectivity index (χ1n) is 6.98. The number of aromatic nitrogens is 3. The largest absolute Gasteiger partial charge is 0.271 e. The number of aryl methyl sites for hydroxylation is 2. The highest BCUT2D eigenvalue weighted by molar-refractivity contribution is 5.29. The van der Waals surface area contributed by atoms with Gasteiger partial charge in [0.05, 0.1) is 23.6 Å². The Kier molecular flexibility index (Phi) is 3.71. The van der Waals surface area contributed by atoms with E-state index in [1.807, 2.05) is 19.2 Å². The van der Waals surface area contributed by atoms with Crippen molar-refractivity contribution in [1.82, 2.24) is 20.4 Å². The number of nitrogens with zero attached hydrogens (tertiary/aromatic N) is 3. The van der Waals surface area contributed by atoms with E-state index in [1.54, 1.807) is 12.4 Å². The highest BCUT2D eigenvalue weighted by atomic mass is 15.2. The smallest absolute Gasteiger partial charge is 0.0776 e. The predicted molar refractivity (Wildman–Crippen MR) is 76.7 cm³/mol. The molecule has 2 atom stereocenters. The van der Waals surface area contributed by atoms with Crippen LogP contribution in [0.3, 0.4) is 0 Å². The summed E-state index contributed by atoms with van der Waals surface area (Å²) in [6, 6.07) is 4.11. The Morgan fingerprint density at radius 2 is 2.20 bits per heavy atom. The van der Waals surface area contributed by atoms with Crippen molar-refractivity contribution in [3.63, 3.8) is 0 Å². The maximum Gasteiger partial charge on any atom is 0.0776 e. The number of hydrogen-bond acceptors (Lipinski definition) is 5. The van der Waals surface area contributed by atoms with Crippen molar-refractivity contribution in [3.05, 3.63) is 53.4 Å². The van der Waals surface area contributed by atoms with Crippen LogP contribution < -0.4 is 11.3 Å². The predicted octanol–water partition coefficient (Wildman–Crippen LogP) is 1.80. The zero-order chi connectivity index (χ0) is 13.9. The minimum absolute atomic E-state index is 0.0444. The lowest BCUT2D eigenvalue weighted by Gasteiger charge is -2.30. The first kappa shape index (κ1) is 13.1. The zero-order valence-electron chi connectivity index (χ0n) is 11.6. The topological polar surface area (TPSA) is 76.7 Å². The highest BCUT2D eigenvalue weighted by Crippen LogP contribution is 2.37. The van der Waals surface area contributed by atoms with Crippen LogP contribution in [0.25, 0.3) is 0 Å². The Labute approximate surface area is 118 Å². The van der Waals surface area contributed by atoms with Crippen LogP contribution in [0.2, 0.25) is 0 Å². The van der Waals surface area contributed by atoms with E-state index in [9.17, 15) is 0 Å². The number of hydrogen-bond donors (Lipinski definition) is 2. The van der Waals surface area contributed by atoms with E-state index in [-0.39, 0.29) is 12.0 Å². The molecule has 1 aliphatic carbocycles. The lowest BCUT2D eigenvalue weighted by Crippen LogP contribution is -2.35. The van der Waals surface area contributed by atoms with Crippen LogP contribution in [0.15, 0.2) is 30.7 Å². The average molecular weight is 269 g/mol. The monoisotopic (exact) mass is 269 g/mol. The van der Waals surface area contributed by atoms with Crippen LogP contribution >= 0.6 is 0 Å². The van der Waals surface area contributed by atoms with E-state index < -0.39 is 0 Å². The van der Waals surface area contributed by atoms with Gasteiger partial charge < -0.3 is 0 Å². The Morgan fingerprint density at radius 1 is 1.30 bits per heavy atom. The molecule has 0 fully saturated rings. The lowest BCUT2D eigenvalue weighted by atomic mass is 9.81. The molecule has 2 unspecified atom stereocenters. The van der Waals surface area contributed by atoms with Gasteiger partial charge in [-0.1, -0.05) is 6.07 Å². The fraction of sp³-hybridized carbons (Fsp3) is 0.400. The summed E-state index contributed by atoms with van der Waals surface area (Å²) in [7, 11) is 0. The summed E-state index contributed by atoms with van der Waals surface area (Å²) in [6.07, 6.45) is 8.75. The minimum atomic E-state index is -0.0444. The van der Waals surface area contributed by atoms with Crippen LogP contribution in [0.4, 0.5) is 0 Å². The van der Waals surface area contributed by atoms with Gasteiger partial charge in [-0.05, 0) is 37.8 Å². The van der Waals surface area contributed by atoms with Gasteiger partial charge in [-0.2, -0.15) is 0 Å². The second-order valence-corrected chi connectivity index (χ2v) is 5.27. The molecule has 3 rings (SSSR count). The summed E-state index contributed by atoms with van der Waals surface area (Å²) in [5.74, 6) is 6.04. The quantitative estimate of drug-likeness (QED) is 0.656. The molecule has 2 aromatic heterocycles. The Balaban J connectivity index is 1.96. The summed E-state index contributed by atoms with van der Waals surface area (Å²) in [4.78, 5) is 13.4. The van der Waals surface area contributed by atoms with E-state index in [1.165, 1.54) is 5.56 Å². The zero-order valence-corrected chi connectivity index (χ0v) is 11.6. The Morgan fingerprint density at radius 3 is 2.95 bits per heavy atom. The van der Waals surface area contributed by atoms with Crippen molar-refractivity contribution in [2.75, 3.05) is 0 Å². The molecular weight excluding hydrogens is 250 g/mol. The molecule has 0 amide bonds. The SMILES string of the molecule is Cc1cnc(C(NN)C2CCCc3cccnc32)cn1. The lowest BCUT2D eigenvalue weighted by molar-refractivity contribution is 0.392. The maximum atomic E-state index is 5.79. The van der Waals surface area contributed by atoms with Crippen molar-refractivity contribution >= 4 is 0 Å². The van der Waals surface area contributed by atoms with E-state index in [0.717, 1.165) is 36.3 Å². The first-order valence-corrected chi connectivity index (χ1v) is 6.98. The van der Waals surface area contributed by atoms with Crippen molar-refractivity contribution in [1.29, 1.82) is 0 Å².